The lowest BCUT2D eigenvalue weighted by Crippen LogP contribution is -2.44. The van der Waals surface area contributed by atoms with Gasteiger partial charge >= 0.3 is 0 Å². The molecule has 8 nitrogen and oxygen atoms in total. The van der Waals surface area contributed by atoms with E-state index in [1.54, 1.807) is 18.3 Å². The van der Waals surface area contributed by atoms with Gasteiger partial charge in [-0.3, -0.25) is 34.8 Å². The number of carbonyl (C=O) groups excluding carboxylic acids is 2. The number of hydrogen-bond donors (Lipinski definition) is 2. The van der Waals surface area contributed by atoms with Gasteiger partial charge in [0.2, 0.25) is 0 Å². The van der Waals surface area contributed by atoms with Crippen molar-refractivity contribution in [2.45, 2.75) is 6.54 Å². The molecule has 4 rings (SSSR count). The molecule has 4 heterocycles. The normalized spacial score (nSPS) is 10.7. The zero-order valence-electron chi connectivity index (χ0n) is 14.3. The average molecular weight is 411 g/mol. The van der Waals surface area contributed by atoms with Gasteiger partial charge in [0, 0.05) is 28.2 Å². The van der Waals surface area contributed by atoms with Gasteiger partial charge in [0.25, 0.3) is 17.4 Å². The van der Waals surface area contributed by atoms with Crippen molar-refractivity contribution in [2.24, 2.45) is 0 Å². The third-order valence-corrected chi connectivity index (χ3v) is 5.69. The van der Waals surface area contributed by atoms with E-state index in [2.05, 4.69) is 20.8 Å². The minimum atomic E-state index is -0.548. The summed E-state index contributed by atoms with van der Waals surface area (Å²) in [6.45, 7) is -0.269. The van der Waals surface area contributed by atoms with E-state index < -0.39 is 11.8 Å². The molecule has 140 valence electrons. The molecule has 0 aliphatic carbocycles. The Kier molecular flexibility index (Phi) is 4.96. The molecule has 0 saturated carbocycles. The molecular formula is C18H13N5O3S2. The number of fused-ring (bicyclic) bond motifs is 1. The molecule has 0 unspecified atom stereocenters. The lowest BCUT2D eigenvalue weighted by atomic mass is 10.2. The number of thiophene rings is 2. The van der Waals surface area contributed by atoms with E-state index >= 15 is 0 Å². The molecule has 0 fully saturated rings. The Morgan fingerprint density at radius 3 is 2.79 bits per heavy atom. The van der Waals surface area contributed by atoms with Crippen molar-refractivity contribution in [3.8, 4) is 10.4 Å². The Balaban J connectivity index is 1.51. The number of aromatic nitrogens is 3. The van der Waals surface area contributed by atoms with Crippen LogP contribution in [-0.2, 0) is 11.3 Å². The molecule has 0 saturated heterocycles. The molecule has 28 heavy (non-hydrogen) atoms. The molecule has 0 aromatic carbocycles. The largest absolute Gasteiger partial charge is 0.289 e. The van der Waals surface area contributed by atoms with E-state index in [1.807, 2.05) is 22.9 Å². The second-order valence-electron chi connectivity index (χ2n) is 5.73. The molecule has 10 heteroatoms. The van der Waals surface area contributed by atoms with E-state index in [9.17, 15) is 14.4 Å². The van der Waals surface area contributed by atoms with Crippen LogP contribution in [0.3, 0.4) is 0 Å². The number of amides is 2. The molecule has 2 N–H and O–H groups in total. The highest BCUT2D eigenvalue weighted by atomic mass is 32.1. The van der Waals surface area contributed by atoms with E-state index in [1.165, 1.54) is 39.8 Å². The van der Waals surface area contributed by atoms with Crippen LogP contribution >= 0.6 is 22.7 Å². The van der Waals surface area contributed by atoms with Crippen molar-refractivity contribution in [1.29, 1.82) is 0 Å². The van der Waals surface area contributed by atoms with Gasteiger partial charge in [0.05, 0.1) is 17.3 Å². The number of pyridine rings is 1. The van der Waals surface area contributed by atoms with E-state index in [0.717, 1.165) is 10.4 Å². The first-order chi connectivity index (χ1) is 13.6. The minimum absolute atomic E-state index is 0.269. The van der Waals surface area contributed by atoms with Gasteiger partial charge in [-0.05, 0) is 23.6 Å². The fourth-order valence-electron chi connectivity index (χ4n) is 2.58. The maximum Gasteiger partial charge on any atom is 0.271 e. The van der Waals surface area contributed by atoms with Crippen LogP contribution in [0.2, 0.25) is 0 Å². The van der Waals surface area contributed by atoms with Crippen molar-refractivity contribution >= 4 is 44.7 Å². The predicted octanol–water partition coefficient (Wildman–Crippen LogP) is 2.04. The second kappa shape index (κ2) is 7.71. The van der Waals surface area contributed by atoms with Crippen molar-refractivity contribution in [2.75, 3.05) is 0 Å². The summed E-state index contributed by atoms with van der Waals surface area (Å²) in [5.41, 5.74) is 5.40. The quantitative estimate of drug-likeness (QED) is 0.500. The van der Waals surface area contributed by atoms with Crippen LogP contribution in [-0.4, -0.2) is 26.3 Å². The summed E-state index contributed by atoms with van der Waals surface area (Å²) < 4.78 is 1.22. The summed E-state index contributed by atoms with van der Waals surface area (Å²) in [6, 6.07) is 7.03. The average Bonchev–Trinajstić information content (AvgIpc) is 3.38. The molecule has 4 aromatic heterocycles. The number of carbonyl (C=O) groups is 2. The molecule has 4 aromatic rings. The zero-order valence-corrected chi connectivity index (χ0v) is 15.9. The SMILES string of the molecule is O=C(Cn1cnc2scc(-c3cccs3)c2c1=O)NNC(=O)c1cccnc1. The molecule has 0 aliphatic rings. The van der Waals surface area contributed by atoms with Crippen molar-refractivity contribution in [1.82, 2.24) is 25.4 Å². The van der Waals surface area contributed by atoms with Gasteiger partial charge in [-0.25, -0.2) is 4.98 Å². The Bertz CT molecular complexity index is 1200. The summed E-state index contributed by atoms with van der Waals surface area (Å²) in [7, 11) is 0. The highest BCUT2D eigenvalue weighted by Gasteiger charge is 2.15. The van der Waals surface area contributed by atoms with Crippen LogP contribution in [0.15, 0.2) is 58.5 Å². The fraction of sp³-hybridized carbons (Fsp3) is 0.0556. The summed E-state index contributed by atoms with van der Waals surface area (Å²) in [4.78, 5) is 46.7. The van der Waals surface area contributed by atoms with Gasteiger partial charge < -0.3 is 0 Å². The Morgan fingerprint density at radius 2 is 2.04 bits per heavy atom. The standard InChI is InChI=1S/C18H13N5O3S2/c24-14(21-22-16(25)11-3-1-5-19-7-11)8-23-10-20-17-15(18(23)26)12(9-28-17)13-4-2-6-27-13/h1-7,9-10H,8H2,(H,21,24)(H,22,25). The summed E-state index contributed by atoms with van der Waals surface area (Å²) in [5.74, 6) is -1.05. The highest BCUT2D eigenvalue weighted by Crippen LogP contribution is 2.33. The van der Waals surface area contributed by atoms with Gasteiger partial charge in [-0.1, -0.05) is 6.07 Å². The maximum atomic E-state index is 12.9. The summed E-state index contributed by atoms with van der Waals surface area (Å²) in [6.07, 6.45) is 4.26. The molecule has 0 radical (unpaired) electrons. The van der Waals surface area contributed by atoms with Crippen LogP contribution in [0.1, 0.15) is 10.4 Å². The van der Waals surface area contributed by atoms with Crippen molar-refractivity contribution in [3.63, 3.8) is 0 Å². The molecule has 0 bridgehead atoms. The predicted molar refractivity (Wildman–Crippen MR) is 107 cm³/mol. The van der Waals surface area contributed by atoms with Gasteiger partial charge in [-0.2, -0.15) is 0 Å². The molecule has 0 atom stereocenters. The third-order valence-electron chi connectivity index (χ3n) is 3.90. The van der Waals surface area contributed by atoms with Crippen molar-refractivity contribution in [3.05, 3.63) is 69.7 Å². The van der Waals surface area contributed by atoms with Crippen LogP contribution in [0.5, 0.6) is 0 Å². The number of nitrogens with one attached hydrogen (secondary N) is 2. The van der Waals surface area contributed by atoms with E-state index in [0.29, 0.717) is 15.8 Å². The first-order valence-corrected chi connectivity index (χ1v) is 9.89. The fourth-order valence-corrected chi connectivity index (χ4v) is 4.30. The monoisotopic (exact) mass is 411 g/mol. The first kappa shape index (κ1) is 18.0. The second-order valence-corrected chi connectivity index (χ2v) is 7.53. The minimum Gasteiger partial charge on any atom is -0.289 e. The maximum absolute atomic E-state index is 12.9. The van der Waals surface area contributed by atoms with Crippen molar-refractivity contribution < 1.29 is 9.59 Å². The van der Waals surface area contributed by atoms with Gasteiger partial charge in [0.15, 0.2) is 0 Å². The lowest BCUT2D eigenvalue weighted by molar-refractivity contribution is -0.122. The number of rotatable bonds is 4. The van der Waals surface area contributed by atoms with Gasteiger partial charge in [-0.15, -0.1) is 22.7 Å². The van der Waals surface area contributed by atoms with E-state index in [-0.39, 0.29) is 12.1 Å². The smallest absolute Gasteiger partial charge is 0.271 e. The first-order valence-electron chi connectivity index (χ1n) is 8.13. The molecule has 0 spiro atoms. The Morgan fingerprint density at radius 1 is 1.14 bits per heavy atom. The summed E-state index contributed by atoms with van der Waals surface area (Å²) >= 11 is 2.92. The van der Waals surface area contributed by atoms with E-state index in [4.69, 9.17) is 0 Å². The molecule has 0 aliphatic heterocycles. The van der Waals surface area contributed by atoms with Gasteiger partial charge in [0.1, 0.15) is 11.4 Å². The topological polar surface area (TPSA) is 106 Å². The van der Waals surface area contributed by atoms with Crippen LogP contribution < -0.4 is 16.4 Å². The van der Waals surface area contributed by atoms with Crippen LogP contribution in [0.25, 0.3) is 20.7 Å². The molecular weight excluding hydrogens is 398 g/mol. The summed E-state index contributed by atoms with van der Waals surface area (Å²) in [5, 5.41) is 4.32. The number of hydrogen-bond acceptors (Lipinski definition) is 7. The zero-order chi connectivity index (χ0) is 19.5. The van der Waals surface area contributed by atoms with Crippen LogP contribution in [0.4, 0.5) is 0 Å². The highest BCUT2D eigenvalue weighted by molar-refractivity contribution is 7.18. The number of nitrogens with zero attached hydrogens (tertiary/aromatic N) is 3. The lowest BCUT2D eigenvalue weighted by Gasteiger charge is -2.08. The number of hydrazine groups is 1. The van der Waals surface area contributed by atoms with Crippen LogP contribution in [0, 0.1) is 0 Å². The Hall–Kier alpha value is -3.37. The Labute approximate surface area is 166 Å². The molecule has 2 amide bonds. The third kappa shape index (κ3) is 3.55.